The van der Waals surface area contributed by atoms with Crippen molar-refractivity contribution in [2.24, 2.45) is 16.7 Å². The highest BCUT2D eigenvalue weighted by Crippen LogP contribution is 2.40. The summed E-state index contributed by atoms with van der Waals surface area (Å²) >= 11 is 0. The Morgan fingerprint density at radius 1 is 0.900 bits per heavy atom. The summed E-state index contributed by atoms with van der Waals surface area (Å²) in [6.07, 6.45) is 4.18. The lowest BCUT2D eigenvalue weighted by atomic mass is 9.69. The van der Waals surface area contributed by atoms with Crippen molar-refractivity contribution in [3.8, 4) is 0 Å². The molecule has 5 nitrogen and oxygen atoms in total. The Bertz CT molecular complexity index is 604. The highest BCUT2D eigenvalue weighted by atomic mass is 16.5. The maximum absolute atomic E-state index is 12.7. The maximum Gasteiger partial charge on any atom is 0.312 e. The van der Waals surface area contributed by atoms with E-state index in [0.29, 0.717) is 24.3 Å². The molecule has 0 N–H and O–H groups in total. The Morgan fingerprint density at radius 2 is 1.37 bits per heavy atom. The molecular formula is C25H45NO4. The molecule has 1 heterocycles. The van der Waals surface area contributed by atoms with Gasteiger partial charge in [0.15, 0.2) is 0 Å². The molecule has 0 spiro atoms. The predicted octanol–water partition coefficient (Wildman–Crippen LogP) is 5.92. The van der Waals surface area contributed by atoms with Gasteiger partial charge in [0.1, 0.15) is 0 Å². The standard InChI is InChI=1S/C23H39NO4.C2H6/c1-16(2)23(8,15-22(5,6)7)21(27)28-14-12-10-9-11-13-24-19(25)17(3)18(4)20(24)26;1-2/h16H,9-15H2,1-8H3;1-2H3. The Kier molecular flexibility index (Phi) is 11.6. The van der Waals surface area contributed by atoms with Crippen molar-refractivity contribution in [3.05, 3.63) is 11.1 Å². The van der Waals surface area contributed by atoms with E-state index in [2.05, 4.69) is 34.6 Å². The molecule has 0 aromatic heterocycles. The second-order valence-corrected chi connectivity index (χ2v) is 9.87. The fourth-order valence-corrected chi connectivity index (χ4v) is 3.69. The van der Waals surface area contributed by atoms with Gasteiger partial charge in [0.05, 0.1) is 12.0 Å². The Morgan fingerprint density at radius 3 is 1.80 bits per heavy atom. The summed E-state index contributed by atoms with van der Waals surface area (Å²) in [7, 11) is 0. The molecule has 1 aliphatic heterocycles. The monoisotopic (exact) mass is 423 g/mol. The molecule has 1 aliphatic rings. The molecule has 1 rings (SSSR count). The number of nitrogens with zero attached hydrogens (tertiary/aromatic N) is 1. The van der Waals surface area contributed by atoms with Gasteiger partial charge >= 0.3 is 5.97 Å². The van der Waals surface area contributed by atoms with Crippen molar-refractivity contribution >= 4 is 17.8 Å². The van der Waals surface area contributed by atoms with Gasteiger partial charge in [-0.25, -0.2) is 0 Å². The zero-order valence-electron chi connectivity index (χ0n) is 21.1. The number of hydrogen-bond acceptors (Lipinski definition) is 4. The first-order chi connectivity index (χ1) is 13.8. The van der Waals surface area contributed by atoms with E-state index in [-0.39, 0.29) is 29.1 Å². The SMILES string of the molecule is CC.CC1=C(C)C(=O)N(CCCCCCOC(=O)C(C)(CC(C)(C)C)C(C)C)C1=O. The van der Waals surface area contributed by atoms with Crippen LogP contribution in [0.2, 0.25) is 0 Å². The third-order valence-corrected chi connectivity index (χ3v) is 5.84. The fraction of sp³-hybridized carbons (Fsp3) is 0.800. The van der Waals surface area contributed by atoms with Gasteiger partial charge in [-0.1, -0.05) is 54.9 Å². The number of carbonyl (C=O) groups excluding carboxylic acids is 3. The van der Waals surface area contributed by atoms with Crippen LogP contribution in [0.25, 0.3) is 0 Å². The molecule has 0 aromatic rings. The molecule has 1 unspecified atom stereocenters. The van der Waals surface area contributed by atoms with Crippen LogP contribution in [0.5, 0.6) is 0 Å². The minimum atomic E-state index is -0.475. The Labute approximate surface area is 184 Å². The van der Waals surface area contributed by atoms with Gasteiger partial charge in [-0.3, -0.25) is 19.3 Å². The number of unbranched alkanes of at least 4 members (excludes halogenated alkanes) is 3. The minimum Gasteiger partial charge on any atom is -0.465 e. The van der Waals surface area contributed by atoms with Crippen LogP contribution in [0, 0.1) is 16.7 Å². The summed E-state index contributed by atoms with van der Waals surface area (Å²) in [5, 5.41) is 0. The first-order valence-corrected chi connectivity index (χ1v) is 11.5. The van der Waals surface area contributed by atoms with E-state index in [1.54, 1.807) is 13.8 Å². The third-order valence-electron chi connectivity index (χ3n) is 5.84. The molecule has 0 aliphatic carbocycles. The van der Waals surface area contributed by atoms with Crippen LogP contribution in [0.1, 0.15) is 101 Å². The van der Waals surface area contributed by atoms with Gasteiger partial charge in [-0.05, 0) is 57.8 Å². The quantitative estimate of drug-likeness (QED) is 0.248. The highest BCUT2D eigenvalue weighted by Gasteiger charge is 2.41. The summed E-state index contributed by atoms with van der Waals surface area (Å²) in [6, 6.07) is 0. The zero-order valence-corrected chi connectivity index (χ0v) is 21.1. The fourth-order valence-electron chi connectivity index (χ4n) is 3.69. The number of hydrogen-bond donors (Lipinski definition) is 0. The second kappa shape index (κ2) is 12.3. The number of amides is 2. The predicted molar refractivity (Wildman–Crippen MR) is 123 cm³/mol. The smallest absolute Gasteiger partial charge is 0.312 e. The number of ether oxygens (including phenoxy) is 1. The van der Waals surface area contributed by atoms with Crippen LogP contribution < -0.4 is 0 Å². The maximum atomic E-state index is 12.7. The van der Waals surface area contributed by atoms with Gasteiger partial charge in [0.25, 0.3) is 11.8 Å². The van der Waals surface area contributed by atoms with Crippen molar-refractivity contribution in [1.29, 1.82) is 0 Å². The molecule has 0 radical (unpaired) electrons. The molecular weight excluding hydrogens is 378 g/mol. The van der Waals surface area contributed by atoms with Gasteiger partial charge < -0.3 is 4.74 Å². The summed E-state index contributed by atoms with van der Waals surface area (Å²) < 4.78 is 5.59. The van der Waals surface area contributed by atoms with Gasteiger partial charge in [0, 0.05) is 17.7 Å². The van der Waals surface area contributed by atoms with Crippen LogP contribution in [0.15, 0.2) is 11.1 Å². The Hall–Kier alpha value is -1.65. The van der Waals surface area contributed by atoms with Crippen LogP contribution in [0.3, 0.4) is 0 Å². The van der Waals surface area contributed by atoms with Gasteiger partial charge in [0.2, 0.25) is 0 Å². The second-order valence-electron chi connectivity index (χ2n) is 9.87. The first kappa shape index (κ1) is 28.4. The summed E-state index contributed by atoms with van der Waals surface area (Å²) in [5.41, 5.74) is 0.701. The lowest BCUT2D eigenvalue weighted by Gasteiger charge is -2.36. The molecule has 30 heavy (non-hydrogen) atoms. The van der Waals surface area contributed by atoms with E-state index in [1.165, 1.54) is 4.90 Å². The Balaban J connectivity index is 0.00000407. The van der Waals surface area contributed by atoms with E-state index in [9.17, 15) is 14.4 Å². The van der Waals surface area contributed by atoms with Crippen molar-refractivity contribution in [3.63, 3.8) is 0 Å². The van der Waals surface area contributed by atoms with E-state index in [0.717, 1.165) is 32.1 Å². The van der Waals surface area contributed by atoms with E-state index in [4.69, 9.17) is 4.74 Å². The molecule has 0 aromatic carbocycles. The average Bonchev–Trinajstić information content (AvgIpc) is 2.84. The number of rotatable bonds is 10. The number of imide groups is 1. The minimum absolute atomic E-state index is 0.0635. The zero-order chi connectivity index (χ0) is 23.7. The topological polar surface area (TPSA) is 63.7 Å². The van der Waals surface area contributed by atoms with Crippen LogP contribution in [-0.4, -0.2) is 35.8 Å². The molecule has 2 amide bonds. The van der Waals surface area contributed by atoms with Gasteiger partial charge in [-0.2, -0.15) is 0 Å². The molecule has 0 saturated heterocycles. The van der Waals surface area contributed by atoms with Crippen LogP contribution in [0.4, 0.5) is 0 Å². The molecule has 0 bridgehead atoms. The van der Waals surface area contributed by atoms with Crippen molar-refractivity contribution in [1.82, 2.24) is 4.90 Å². The van der Waals surface area contributed by atoms with Gasteiger partial charge in [-0.15, -0.1) is 0 Å². The number of esters is 1. The van der Waals surface area contributed by atoms with Crippen molar-refractivity contribution < 1.29 is 19.1 Å². The first-order valence-electron chi connectivity index (χ1n) is 11.5. The molecule has 0 saturated carbocycles. The summed E-state index contributed by atoms with van der Waals surface area (Å²) in [6.45, 7) is 20.9. The largest absolute Gasteiger partial charge is 0.465 e. The highest BCUT2D eigenvalue weighted by molar-refractivity contribution is 6.18. The van der Waals surface area contributed by atoms with Crippen molar-refractivity contribution in [2.45, 2.75) is 101 Å². The lowest BCUT2D eigenvalue weighted by molar-refractivity contribution is -0.160. The normalized spacial score (nSPS) is 16.6. The molecule has 174 valence electrons. The molecule has 0 fully saturated rings. The molecule has 1 atom stereocenters. The summed E-state index contributed by atoms with van der Waals surface area (Å²) in [4.78, 5) is 38.0. The van der Waals surface area contributed by atoms with Crippen molar-refractivity contribution in [2.75, 3.05) is 13.2 Å². The average molecular weight is 424 g/mol. The summed E-state index contributed by atoms with van der Waals surface area (Å²) in [5.74, 6) is -0.218. The van der Waals surface area contributed by atoms with E-state index < -0.39 is 5.41 Å². The van der Waals surface area contributed by atoms with Crippen LogP contribution >= 0.6 is 0 Å². The third kappa shape index (κ3) is 7.88. The van der Waals surface area contributed by atoms with E-state index in [1.807, 2.05) is 20.8 Å². The number of carbonyl (C=O) groups is 3. The molecule has 5 heteroatoms. The lowest BCUT2D eigenvalue weighted by Crippen LogP contribution is -2.38. The van der Waals surface area contributed by atoms with Crippen LogP contribution in [-0.2, 0) is 19.1 Å². The van der Waals surface area contributed by atoms with E-state index >= 15 is 0 Å².